The maximum Gasteiger partial charge on any atom is 0.332 e. The van der Waals surface area contributed by atoms with Crippen LogP contribution >= 0.6 is 0 Å². The molecule has 2 rings (SSSR count). The Hall–Kier alpha value is -1.06. The van der Waals surface area contributed by atoms with E-state index < -0.39 is 6.03 Å². The summed E-state index contributed by atoms with van der Waals surface area (Å²) in [5.41, 5.74) is 8.55. The van der Waals surface area contributed by atoms with Crippen LogP contribution in [0.1, 0.15) is 44.9 Å². The number of fused-ring (bicyclic) bond motifs is 1. The molecule has 0 saturated heterocycles. The molecule has 15 heavy (non-hydrogen) atoms. The van der Waals surface area contributed by atoms with Crippen LogP contribution in [0.4, 0.5) is 4.79 Å². The van der Waals surface area contributed by atoms with Crippen LogP contribution in [0.15, 0.2) is 5.10 Å². The number of nitrogens with one attached hydrogen (secondary N) is 1. The summed E-state index contributed by atoms with van der Waals surface area (Å²) in [6.45, 7) is 0. The van der Waals surface area contributed by atoms with Crippen molar-refractivity contribution in [1.29, 1.82) is 0 Å². The fraction of sp³-hybridized carbons (Fsp3) is 0.818. The smallest absolute Gasteiger partial charge is 0.332 e. The Kier molecular flexibility index (Phi) is 3.23. The molecule has 3 N–H and O–H groups in total. The second kappa shape index (κ2) is 4.64. The van der Waals surface area contributed by atoms with E-state index in [0.717, 1.165) is 12.3 Å². The van der Waals surface area contributed by atoms with Gasteiger partial charge in [-0.3, -0.25) is 0 Å². The molecule has 2 amide bonds. The van der Waals surface area contributed by atoms with Gasteiger partial charge in [0.05, 0.1) is 0 Å². The van der Waals surface area contributed by atoms with Gasteiger partial charge in [0.15, 0.2) is 0 Å². The number of amides is 2. The fourth-order valence-electron chi connectivity index (χ4n) is 2.95. The first-order valence-corrected chi connectivity index (χ1v) is 5.89. The molecule has 0 aromatic rings. The normalized spacial score (nSPS) is 33.5. The van der Waals surface area contributed by atoms with Crippen molar-refractivity contribution in [2.75, 3.05) is 0 Å². The van der Waals surface area contributed by atoms with Crippen LogP contribution in [-0.2, 0) is 0 Å². The third-order valence-corrected chi connectivity index (χ3v) is 3.67. The van der Waals surface area contributed by atoms with Gasteiger partial charge in [0.1, 0.15) is 0 Å². The van der Waals surface area contributed by atoms with Gasteiger partial charge >= 0.3 is 6.03 Å². The zero-order chi connectivity index (χ0) is 10.7. The highest BCUT2D eigenvalue weighted by molar-refractivity contribution is 5.89. The first-order valence-electron chi connectivity index (χ1n) is 5.89. The minimum absolute atomic E-state index is 0.556. The number of urea groups is 1. The highest BCUT2D eigenvalue weighted by atomic mass is 16.2. The molecule has 0 aromatic heterocycles. The van der Waals surface area contributed by atoms with E-state index in [1.807, 2.05) is 0 Å². The van der Waals surface area contributed by atoms with Gasteiger partial charge < -0.3 is 5.73 Å². The van der Waals surface area contributed by atoms with Crippen LogP contribution < -0.4 is 11.2 Å². The van der Waals surface area contributed by atoms with E-state index in [-0.39, 0.29) is 0 Å². The van der Waals surface area contributed by atoms with Crippen LogP contribution in [-0.4, -0.2) is 11.7 Å². The maximum absolute atomic E-state index is 10.6. The van der Waals surface area contributed by atoms with Crippen molar-refractivity contribution in [1.82, 2.24) is 5.43 Å². The van der Waals surface area contributed by atoms with Gasteiger partial charge in [-0.15, -0.1) is 0 Å². The lowest BCUT2D eigenvalue weighted by molar-refractivity contribution is 0.249. The van der Waals surface area contributed by atoms with Crippen molar-refractivity contribution in [2.24, 2.45) is 22.7 Å². The summed E-state index contributed by atoms with van der Waals surface area (Å²) < 4.78 is 0. The predicted molar refractivity (Wildman–Crippen MR) is 59.5 cm³/mol. The van der Waals surface area contributed by atoms with E-state index in [1.54, 1.807) is 0 Å². The van der Waals surface area contributed by atoms with Gasteiger partial charge in [-0.05, 0) is 31.6 Å². The van der Waals surface area contributed by atoms with E-state index in [2.05, 4.69) is 10.5 Å². The standard InChI is InChI=1S/C11H19N3O/c12-11(15)14-13-10-7-6-8-4-2-1-3-5-9(8)10/h8-9H,1-7H2,(H3,12,14,15)/b13-10-/t8-,9-/m1/s1. The zero-order valence-electron chi connectivity index (χ0n) is 9.04. The summed E-state index contributed by atoms with van der Waals surface area (Å²) >= 11 is 0. The zero-order valence-corrected chi connectivity index (χ0v) is 9.04. The third kappa shape index (κ3) is 2.49. The molecule has 0 radical (unpaired) electrons. The Labute approximate surface area is 90.3 Å². The number of hydrogen-bond donors (Lipinski definition) is 2. The molecule has 4 heteroatoms. The quantitative estimate of drug-likeness (QED) is 0.637. The number of primary amides is 1. The first kappa shape index (κ1) is 10.5. The molecular formula is C11H19N3O. The van der Waals surface area contributed by atoms with Crippen molar-refractivity contribution in [3.8, 4) is 0 Å². The van der Waals surface area contributed by atoms with Crippen molar-refractivity contribution < 1.29 is 4.79 Å². The summed E-state index contributed by atoms with van der Waals surface area (Å²) in [6.07, 6.45) is 8.86. The molecule has 2 saturated carbocycles. The molecule has 4 nitrogen and oxygen atoms in total. The molecule has 2 fully saturated rings. The topological polar surface area (TPSA) is 67.5 Å². The second-order valence-corrected chi connectivity index (χ2v) is 4.62. The Bertz CT molecular complexity index is 275. The van der Waals surface area contributed by atoms with Gasteiger partial charge in [0, 0.05) is 11.6 Å². The molecule has 84 valence electrons. The van der Waals surface area contributed by atoms with Crippen LogP contribution in [0.5, 0.6) is 0 Å². The molecular weight excluding hydrogens is 190 g/mol. The van der Waals surface area contributed by atoms with Crippen LogP contribution in [0, 0.1) is 11.8 Å². The van der Waals surface area contributed by atoms with Crippen LogP contribution in [0.25, 0.3) is 0 Å². The van der Waals surface area contributed by atoms with E-state index in [9.17, 15) is 4.79 Å². The molecule has 0 aromatic carbocycles. The molecule has 2 aliphatic rings. The Morgan fingerprint density at radius 3 is 2.87 bits per heavy atom. The Morgan fingerprint density at radius 2 is 2.07 bits per heavy atom. The van der Waals surface area contributed by atoms with Crippen molar-refractivity contribution in [2.45, 2.75) is 44.9 Å². The van der Waals surface area contributed by atoms with Gasteiger partial charge in [0.2, 0.25) is 0 Å². The highest BCUT2D eigenvalue weighted by Crippen LogP contribution is 2.39. The number of rotatable bonds is 1. The lowest BCUT2D eigenvalue weighted by atomic mass is 9.91. The number of carbonyl (C=O) groups is 1. The third-order valence-electron chi connectivity index (χ3n) is 3.67. The molecule has 0 heterocycles. The minimum Gasteiger partial charge on any atom is -0.350 e. The Balaban J connectivity index is 2.01. The molecule has 0 bridgehead atoms. The van der Waals surface area contributed by atoms with Gasteiger partial charge in [-0.25, -0.2) is 10.2 Å². The molecule has 0 spiro atoms. The number of carbonyl (C=O) groups excluding carboxylic acids is 1. The summed E-state index contributed by atoms with van der Waals surface area (Å²) in [7, 11) is 0. The Morgan fingerprint density at radius 1 is 1.27 bits per heavy atom. The number of nitrogens with two attached hydrogens (primary N) is 1. The number of hydrogen-bond acceptors (Lipinski definition) is 2. The minimum atomic E-state index is -0.556. The lowest BCUT2D eigenvalue weighted by Crippen LogP contribution is -2.27. The van der Waals surface area contributed by atoms with Crippen LogP contribution in [0.3, 0.4) is 0 Å². The average molecular weight is 209 g/mol. The van der Waals surface area contributed by atoms with E-state index in [1.165, 1.54) is 44.2 Å². The van der Waals surface area contributed by atoms with E-state index in [0.29, 0.717) is 5.92 Å². The second-order valence-electron chi connectivity index (χ2n) is 4.62. The number of nitrogens with zero attached hydrogens (tertiary/aromatic N) is 1. The summed E-state index contributed by atoms with van der Waals surface area (Å²) in [6, 6.07) is -0.556. The van der Waals surface area contributed by atoms with Crippen molar-refractivity contribution >= 4 is 11.7 Å². The summed E-state index contributed by atoms with van der Waals surface area (Å²) in [4.78, 5) is 10.6. The molecule has 0 unspecified atom stereocenters. The first-order chi connectivity index (χ1) is 7.27. The highest BCUT2D eigenvalue weighted by Gasteiger charge is 2.33. The van der Waals surface area contributed by atoms with Gasteiger partial charge in [-0.2, -0.15) is 5.10 Å². The fourth-order valence-corrected chi connectivity index (χ4v) is 2.95. The lowest BCUT2D eigenvalue weighted by Gasteiger charge is -2.15. The van der Waals surface area contributed by atoms with Crippen molar-refractivity contribution in [3.05, 3.63) is 0 Å². The predicted octanol–water partition coefficient (Wildman–Crippen LogP) is 2.00. The molecule has 2 aliphatic carbocycles. The maximum atomic E-state index is 10.6. The monoisotopic (exact) mass is 209 g/mol. The average Bonchev–Trinajstić information content (AvgIpc) is 2.44. The van der Waals surface area contributed by atoms with E-state index in [4.69, 9.17) is 5.73 Å². The molecule has 0 aliphatic heterocycles. The van der Waals surface area contributed by atoms with E-state index >= 15 is 0 Å². The summed E-state index contributed by atoms with van der Waals surface area (Å²) in [5.74, 6) is 1.42. The van der Waals surface area contributed by atoms with Gasteiger partial charge in [0.25, 0.3) is 0 Å². The van der Waals surface area contributed by atoms with Crippen molar-refractivity contribution in [3.63, 3.8) is 0 Å². The largest absolute Gasteiger partial charge is 0.350 e. The van der Waals surface area contributed by atoms with Crippen LogP contribution in [0.2, 0.25) is 0 Å². The van der Waals surface area contributed by atoms with Gasteiger partial charge in [-0.1, -0.05) is 19.3 Å². The molecule has 2 atom stereocenters. The number of hydrazone groups is 1. The SMILES string of the molecule is NC(=O)N/N=C1/CC[C@H]2CCCCC[C@@H]12. The summed E-state index contributed by atoms with van der Waals surface area (Å²) in [5, 5.41) is 4.14.